The van der Waals surface area contributed by atoms with Gasteiger partial charge in [-0.2, -0.15) is 0 Å². The van der Waals surface area contributed by atoms with E-state index in [0.717, 1.165) is 0 Å². The van der Waals surface area contributed by atoms with Gasteiger partial charge in [-0.3, -0.25) is 14.4 Å². The Bertz CT molecular complexity index is 366. The Kier molecular flexibility index (Phi) is 3.18. The maximum Gasteiger partial charge on any atom is 0.228 e. The molecule has 1 aliphatic rings. The highest BCUT2D eigenvalue weighted by Gasteiger charge is 2.59. The second-order valence-corrected chi connectivity index (χ2v) is 5.43. The van der Waals surface area contributed by atoms with E-state index in [1.54, 1.807) is 0 Å². The van der Waals surface area contributed by atoms with Gasteiger partial charge < -0.3 is 10.4 Å². The van der Waals surface area contributed by atoms with E-state index in [1.165, 1.54) is 34.6 Å². The summed E-state index contributed by atoms with van der Waals surface area (Å²) in [5.74, 6) is -1.66. The number of amides is 1. The van der Waals surface area contributed by atoms with Crippen molar-refractivity contribution in [3.05, 3.63) is 0 Å². The fourth-order valence-corrected chi connectivity index (χ4v) is 2.27. The number of nitrogens with one attached hydrogen (secondary N) is 1. The van der Waals surface area contributed by atoms with Crippen LogP contribution in [0.15, 0.2) is 0 Å². The molecule has 0 bridgehead atoms. The SMILES string of the molecule is CC(=O)C(C)(C(C)=O)C1NC(=O)C1C(C)(C)O. The third kappa shape index (κ3) is 1.99. The molecule has 96 valence electrons. The highest BCUT2D eigenvalue weighted by molar-refractivity contribution is 6.08. The highest BCUT2D eigenvalue weighted by Crippen LogP contribution is 2.39. The number of hydrogen-bond acceptors (Lipinski definition) is 4. The number of carbonyl (C=O) groups excluding carboxylic acids is 3. The van der Waals surface area contributed by atoms with Crippen LogP contribution in [0.2, 0.25) is 0 Å². The van der Waals surface area contributed by atoms with Crippen LogP contribution in [0.3, 0.4) is 0 Å². The van der Waals surface area contributed by atoms with Gasteiger partial charge in [0.05, 0.1) is 17.6 Å². The Morgan fingerprint density at radius 1 is 1.18 bits per heavy atom. The second kappa shape index (κ2) is 3.91. The predicted molar refractivity (Wildman–Crippen MR) is 61.2 cm³/mol. The third-order valence-corrected chi connectivity index (χ3v) is 3.76. The summed E-state index contributed by atoms with van der Waals surface area (Å²) in [6.45, 7) is 7.18. The van der Waals surface area contributed by atoms with Crippen molar-refractivity contribution in [2.24, 2.45) is 11.3 Å². The van der Waals surface area contributed by atoms with E-state index in [4.69, 9.17) is 0 Å². The summed E-state index contributed by atoms with van der Waals surface area (Å²) in [6, 6.07) is -0.634. The molecule has 0 radical (unpaired) electrons. The number of rotatable bonds is 4. The lowest BCUT2D eigenvalue weighted by atomic mass is 9.63. The largest absolute Gasteiger partial charge is 0.390 e. The summed E-state index contributed by atoms with van der Waals surface area (Å²) in [5.41, 5.74) is -2.52. The average molecular weight is 241 g/mol. The van der Waals surface area contributed by atoms with Gasteiger partial charge in [-0.25, -0.2) is 0 Å². The Morgan fingerprint density at radius 3 is 1.82 bits per heavy atom. The van der Waals surface area contributed by atoms with Gasteiger partial charge in [0, 0.05) is 0 Å². The summed E-state index contributed by atoms with van der Waals surface area (Å²) in [4.78, 5) is 34.8. The molecular formula is C12H19NO4. The molecular weight excluding hydrogens is 222 g/mol. The van der Waals surface area contributed by atoms with E-state index in [1.807, 2.05) is 0 Å². The van der Waals surface area contributed by atoms with Crippen LogP contribution < -0.4 is 5.32 Å². The van der Waals surface area contributed by atoms with Crippen molar-refractivity contribution < 1.29 is 19.5 Å². The minimum Gasteiger partial charge on any atom is -0.390 e. The molecule has 17 heavy (non-hydrogen) atoms. The Morgan fingerprint density at radius 2 is 1.59 bits per heavy atom. The van der Waals surface area contributed by atoms with Crippen molar-refractivity contribution in [2.75, 3.05) is 0 Å². The predicted octanol–water partition coefficient (Wildman–Crippen LogP) is 0.0562. The first-order valence-electron chi connectivity index (χ1n) is 5.57. The van der Waals surface area contributed by atoms with Crippen LogP contribution in [-0.2, 0) is 14.4 Å². The van der Waals surface area contributed by atoms with Crippen molar-refractivity contribution in [1.29, 1.82) is 0 Å². The summed E-state index contributed by atoms with van der Waals surface area (Å²) in [7, 11) is 0. The lowest BCUT2D eigenvalue weighted by molar-refractivity contribution is -0.161. The molecule has 0 aromatic rings. The van der Waals surface area contributed by atoms with Gasteiger partial charge in [0.15, 0.2) is 0 Å². The zero-order valence-electron chi connectivity index (χ0n) is 10.8. The molecule has 2 N–H and O–H groups in total. The first-order valence-corrected chi connectivity index (χ1v) is 5.57. The standard InChI is InChI=1S/C12H19NO4/c1-6(14)12(5,7(2)15)9-8(10(16)13-9)11(3,4)17/h8-9,17H,1-5H3,(H,13,16). The molecule has 1 aliphatic heterocycles. The van der Waals surface area contributed by atoms with Gasteiger partial charge in [0.1, 0.15) is 17.0 Å². The minimum absolute atomic E-state index is 0.302. The Balaban J connectivity index is 3.12. The summed E-state index contributed by atoms with van der Waals surface area (Å²) >= 11 is 0. The second-order valence-electron chi connectivity index (χ2n) is 5.43. The monoisotopic (exact) mass is 241 g/mol. The molecule has 0 spiro atoms. The molecule has 0 saturated carbocycles. The quantitative estimate of drug-likeness (QED) is 0.538. The number of Topliss-reactive ketones (excluding diaryl/α,β-unsaturated/α-hetero) is 2. The fraction of sp³-hybridized carbons (Fsp3) is 0.750. The molecule has 5 heteroatoms. The molecule has 0 aromatic carbocycles. The van der Waals surface area contributed by atoms with Gasteiger partial charge in [-0.15, -0.1) is 0 Å². The molecule has 1 amide bonds. The normalized spacial score (nSPS) is 24.9. The van der Waals surface area contributed by atoms with E-state index in [9.17, 15) is 19.5 Å². The number of carbonyl (C=O) groups is 3. The van der Waals surface area contributed by atoms with Crippen LogP contribution >= 0.6 is 0 Å². The van der Waals surface area contributed by atoms with Gasteiger partial charge in [0.2, 0.25) is 5.91 Å². The van der Waals surface area contributed by atoms with E-state index in [0.29, 0.717) is 0 Å². The highest BCUT2D eigenvalue weighted by atomic mass is 16.3. The molecule has 1 saturated heterocycles. The molecule has 2 atom stereocenters. The molecule has 0 aromatic heterocycles. The maximum atomic E-state index is 11.7. The lowest BCUT2D eigenvalue weighted by Gasteiger charge is -2.49. The van der Waals surface area contributed by atoms with Crippen molar-refractivity contribution in [1.82, 2.24) is 5.32 Å². The van der Waals surface area contributed by atoms with Gasteiger partial charge in [0.25, 0.3) is 0 Å². The average Bonchev–Trinajstić information content (AvgIpc) is 2.08. The summed E-state index contributed by atoms with van der Waals surface area (Å²) in [6.07, 6.45) is 0. The summed E-state index contributed by atoms with van der Waals surface area (Å²) in [5, 5.41) is 12.5. The molecule has 5 nitrogen and oxygen atoms in total. The Hall–Kier alpha value is -1.23. The molecule has 1 rings (SSSR count). The zero-order chi connectivity index (χ0) is 13.6. The Labute approximate surface area is 101 Å². The van der Waals surface area contributed by atoms with Gasteiger partial charge >= 0.3 is 0 Å². The maximum absolute atomic E-state index is 11.7. The van der Waals surface area contributed by atoms with Crippen LogP contribution in [0.5, 0.6) is 0 Å². The first kappa shape index (κ1) is 13.8. The van der Waals surface area contributed by atoms with E-state index in [2.05, 4.69) is 5.32 Å². The molecule has 1 heterocycles. The third-order valence-electron chi connectivity index (χ3n) is 3.76. The van der Waals surface area contributed by atoms with Gasteiger partial charge in [-0.1, -0.05) is 0 Å². The van der Waals surface area contributed by atoms with Crippen LogP contribution in [0.1, 0.15) is 34.6 Å². The van der Waals surface area contributed by atoms with Crippen molar-refractivity contribution >= 4 is 17.5 Å². The topological polar surface area (TPSA) is 83.5 Å². The smallest absolute Gasteiger partial charge is 0.228 e. The van der Waals surface area contributed by atoms with E-state index >= 15 is 0 Å². The van der Waals surface area contributed by atoms with Crippen LogP contribution in [0.25, 0.3) is 0 Å². The number of β-lactam (4-membered cyclic amide) rings is 1. The minimum atomic E-state index is -1.27. The van der Waals surface area contributed by atoms with Crippen molar-refractivity contribution in [3.63, 3.8) is 0 Å². The van der Waals surface area contributed by atoms with Crippen molar-refractivity contribution in [3.8, 4) is 0 Å². The molecule has 1 fully saturated rings. The first-order chi connectivity index (χ1) is 7.52. The fourth-order valence-electron chi connectivity index (χ4n) is 2.27. The number of aliphatic hydroxyl groups is 1. The van der Waals surface area contributed by atoms with Crippen LogP contribution in [0.4, 0.5) is 0 Å². The van der Waals surface area contributed by atoms with E-state index < -0.39 is 23.0 Å². The van der Waals surface area contributed by atoms with Gasteiger partial charge in [-0.05, 0) is 34.6 Å². The van der Waals surface area contributed by atoms with E-state index in [-0.39, 0.29) is 17.5 Å². The van der Waals surface area contributed by atoms with Crippen molar-refractivity contribution in [2.45, 2.75) is 46.3 Å². The lowest BCUT2D eigenvalue weighted by Crippen LogP contribution is -2.72. The summed E-state index contributed by atoms with van der Waals surface area (Å²) < 4.78 is 0. The molecule has 0 aliphatic carbocycles. The van der Waals surface area contributed by atoms with Crippen LogP contribution in [-0.4, -0.2) is 34.2 Å². The number of ketones is 2. The molecule has 2 unspecified atom stereocenters. The number of hydrogen-bond donors (Lipinski definition) is 2. The van der Waals surface area contributed by atoms with Crippen LogP contribution in [0, 0.1) is 11.3 Å². The zero-order valence-corrected chi connectivity index (χ0v) is 10.8.